The van der Waals surface area contributed by atoms with E-state index in [-0.39, 0.29) is 17.8 Å². The van der Waals surface area contributed by atoms with Crippen LogP contribution in [0.1, 0.15) is 18.1 Å². The van der Waals surface area contributed by atoms with E-state index >= 15 is 0 Å². The minimum atomic E-state index is -0.442. The van der Waals surface area contributed by atoms with Gasteiger partial charge in [-0.1, -0.05) is 48.5 Å². The maximum atomic E-state index is 13.7. The smallest absolute Gasteiger partial charge is 0.278 e. The molecule has 3 aromatic carbocycles. The summed E-state index contributed by atoms with van der Waals surface area (Å²) in [7, 11) is 3.09. The molecule has 1 aliphatic rings. The van der Waals surface area contributed by atoms with Gasteiger partial charge in [0.25, 0.3) is 11.8 Å². The molecule has 0 atom stereocenters. The van der Waals surface area contributed by atoms with Crippen molar-refractivity contribution in [2.45, 2.75) is 13.5 Å². The van der Waals surface area contributed by atoms with Gasteiger partial charge in [-0.15, -0.1) is 0 Å². The number of ether oxygens (including phenoxy) is 3. The van der Waals surface area contributed by atoms with Crippen molar-refractivity contribution in [3.63, 3.8) is 0 Å². The quantitative estimate of drug-likeness (QED) is 0.476. The van der Waals surface area contributed by atoms with Crippen LogP contribution in [-0.4, -0.2) is 37.5 Å². The Balaban J connectivity index is 1.80. The van der Waals surface area contributed by atoms with Gasteiger partial charge in [0.05, 0.1) is 38.6 Å². The van der Waals surface area contributed by atoms with E-state index in [9.17, 15) is 9.59 Å². The van der Waals surface area contributed by atoms with Gasteiger partial charge in [-0.2, -0.15) is 0 Å². The van der Waals surface area contributed by atoms with Crippen molar-refractivity contribution in [1.29, 1.82) is 0 Å². The summed E-state index contributed by atoms with van der Waals surface area (Å²) < 4.78 is 16.6. The molecule has 0 radical (unpaired) electrons. The van der Waals surface area contributed by atoms with Gasteiger partial charge in [0.15, 0.2) is 0 Å². The summed E-state index contributed by atoms with van der Waals surface area (Å²) >= 11 is 0. The van der Waals surface area contributed by atoms with Crippen molar-refractivity contribution in [2.24, 2.45) is 0 Å². The number of hydrogen-bond acceptors (Lipinski definition) is 6. The molecule has 0 saturated heterocycles. The number of benzene rings is 3. The lowest BCUT2D eigenvalue weighted by Gasteiger charge is -2.17. The van der Waals surface area contributed by atoms with Crippen LogP contribution in [0.4, 0.5) is 5.69 Å². The highest BCUT2D eigenvalue weighted by molar-refractivity contribution is 6.37. The van der Waals surface area contributed by atoms with Crippen molar-refractivity contribution in [1.82, 2.24) is 4.90 Å². The second-order valence-corrected chi connectivity index (χ2v) is 7.51. The third-order valence-electron chi connectivity index (χ3n) is 5.51. The number of anilines is 1. The minimum Gasteiger partial charge on any atom is -0.496 e. The van der Waals surface area contributed by atoms with E-state index in [1.54, 1.807) is 37.4 Å². The number of imide groups is 1. The first-order valence-electron chi connectivity index (χ1n) is 10.9. The topological polar surface area (TPSA) is 77.1 Å². The van der Waals surface area contributed by atoms with E-state index < -0.39 is 11.8 Å². The van der Waals surface area contributed by atoms with Crippen molar-refractivity contribution in [3.8, 4) is 17.2 Å². The van der Waals surface area contributed by atoms with E-state index in [1.807, 2.05) is 49.4 Å². The molecule has 174 valence electrons. The first kappa shape index (κ1) is 22.9. The second kappa shape index (κ2) is 10.1. The molecular formula is C27H26N2O5. The van der Waals surface area contributed by atoms with Crippen LogP contribution < -0.4 is 19.5 Å². The highest BCUT2D eigenvalue weighted by Gasteiger charge is 2.40. The van der Waals surface area contributed by atoms with Crippen molar-refractivity contribution in [3.05, 3.63) is 89.6 Å². The highest BCUT2D eigenvalue weighted by atomic mass is 16.5. The average Bonchev–Trinajstić information content (AvgIpc) is 3.09. The van der Waals surface area contributed by atoms with Crippen molar-refractivity contribution < 1.29 is 23.8 Å². The molecule has 0 saturated carbocycles. The van der Waals surface area contributed by atoms with E-state index in [1.165, 1.54) is 12.0 Å². The lowest BCUT2D eigenvalue weighted by Crippen LogP contribution is -2.32. The van der Waals surface area contributed by atoms with Crippen LogP contribution in [0.5, 0.6) is 17.2 Å². The Hall–Kier alpha value is -4.26. The number of methoxy groups -OCH3 is 2. The molecule has 1 N–H and O–H groups in total. The van der Waals surface area contributed by atoms with Gasteiger partial charge in [0.1, 0.15) is 22.9 Å². The Kier molecular flexibility index (Phi) is 6.82. The highest BCUT2D eigenvalue weighted by Crippen LogP contribution is 2.37. The predicted molar refractivity (Wildman–Crippen MR) is 130 cm³/mol. The molecule has 0 aliphatic carbocycles. The molecule has 7 nitrogen and oxygen atoms in total. The Morgan fingerprint density at radius 3 is 2.09 bits per heavy atom. The van der Waals surface area contributed by atoms with Crippen LogP contribution in [0.3, 0.4) is 0 Å². The fraction of sp³-hybridized carbons (Fsp3) is 0.185. The predicted octanol–water partition coefficient (Wildman–Crippen LogP) is 4.49. The summed E-state index contributed by atoms with van der Waals surface area (Å²) in [5.41, 5.74) is 2.25. The molecule has 1 aliphatic heterocycles. The van der Waals surface area contributed by atoms with E-state index in [4.69, 9.17) is 14.2 Å². The molecule has 1 heterocycles. The lowest BCUT2D eigenvalue weighted by atomic mass is 10.0. The van der Waals surface area contributed by atoms with Gasteiger partial charge in [0, 0.05) is 11.1 Å². The number of amides is 2. The summed E-state index contributed by atoms with van der Waals surface area (Å²) in [6, 6.07) is 21.7. The molecular weight excluding hydrogens is 432 g/mol. The van der Waals surface area contributed by atoms with Crippen LogP contribution in [0.15, 0.2) is 78.5 Å². The monoisotopic (exact) mass is 458 g/mol. The van der Waals surface area contributed by atoms with Gasteiger partial charge >= 0.3 is 0 Å². The maximum Gasteiger partial charge on any atom is 0.278 e. The fourth-order valence-corrected chi connectivity index (χ4v) is 3.93. The van der Waals surface area contributed by atoms with E-state index in [0.717, 1.165) is 5.56 Å². The molecule has 7 heteroatoms. The molecule has 3 aromatic rings. The number of nitrogens with one attached hydrogen (secondary N) is 1. The molecule has 0 bridgehead atoms. The first-order valence-corrected chi connectivity index (χ1v) is 10.9. The summed E-state index contributed by atoms with van der Waals surface area (Å²) in [6.45, 7) is 2.41. The molecule has 0 unspecified atom stereocenters. The summed E-state index contributed by atoms with van der Waals surface area (Å²) in [4.78, 5) is 28.5. The summed E-state index contributed by atoms with van der Waals surface area (Å²) in [5, 5.41) is 3.17. The van der Waals surface area contributed by atoms with Crippen molar-refractivity contribution in [2.75, 3.05) is 26.1 Å². The normalized spacial score (nSPS) is 13.3. The number of para-hydroxylation sites is 4. The van der Waals surface area contributed by atoms with Crippen molar-refractivity contribution >= 4 is 23.1 Å². The fourth-order valence-electron chi connectivity index (χ4n) is 3.93. The number of rotatable bonds is 9. The third-order valence-corrected chi connectivity index (χ3v) is 5.51. The SMILES string of the molecule is CCOc1ccccc1NC1=C(c2ccccc2OC)C(=O)N(Cc2ccccc2OC)C1=O. The molecule has 0 aromatic heterocycles. The summed E-state index contributed by atoms with van der Waals surface area (Å²) in [5.74, 6) is 0.820. The average molecular weight is 459 g/mol. The number of hydrogen-bond donors (Lipinski definition) is 1. The molecule has 2 amide bonds. The van der Waals surface area contributed by atoms with Crippen LogP contribution in [0, 0.1) is 0 Å². The molecule has 34 heavy (non-hydrogen) atoms. The van der Waals surface area contributed by atoms with Crippen LogP contribution in [0.2, 0.25) is 0 Å². The second-order valence-electron chi connectivity index (χ2n) is 7.51. The van der Waals surface area contributed by atoms with E-state index in [2.05, 4.69) is 5.32 Å². The van der Waals surface area contributed by atoms with Crippen LogP contribution in [0.25, 0.3) is 5.57 Å². The Morgan fingerprint density at radius 2 is 1.38 bits per heavy atom. The number of carbonyl (C=O) groups is 2. The maximum absolute atomic E-state index is 13.7. The Bertz CT molecular complexity index is 1250. The largest absolute Gasteiger partial charge is 0.496 e. The zero-order valence-electron chi connectivity index (χ0n) is 19.3. The molecule has 0 spiro atoms. The zero-order valence-corrected chi connectivity index (χ0v) is 19.3. The number of carbonyl (C=O) groups excluding carboxylic acids is 2. The molecule has 0 fully saturated rings. The van der Waals surface area contributed by atoms with Crippen LogP contribution >= 0.6 is 0 Å². The Labute approximate surface area is 198 Å². The zero-order chi connectivity index (χ0) is 24.1. The lowest BCUT2D eigenvalue weighted by molar-refractivity contribution is -0.137. The summed E-state index contributed by atoms with van der Waals surface area (Å²) in [6.07, 6.45) is 0. The van der Waals surface area contributed by atoms with Crippen LogP contribution in [-0.2, 0) is 16.1 Å². The Morgan fingerprint density at radius 1 is 0.765 bits per heavy atom. The standard InChI is InChI=1S/C27H26N2O5/c1-4-34-23-16-10-7-13-20(23)28-25-24(19-12-6-9-15-22(19)33-3)26(30)29(27(25)31)17-18-11-5-8-14-21(18)32-2/h5-16,28H,4,17H2,1-3H3. The number of nitrogens with zero attached hydrogens (tertiary/aromatic N) is 1. The van der Waals surface area contributed by atoms with Gasteiger partial charge in [-0.25, -0.2) is 0 Å². The van der Waals surface area contributed by atoms with Gasteiger partial charge in [0.2, 0.25) is 0 Å². The first-order chi connectivity index (χ1) is 16.6. The van der Waals surface area contributed by atoms with Gasteiger partial charge < -0.3 is 19.5 Å². The third kappa shape index (κ3) is 4.32. The van der Waals surface area contributed by atoms with Gasteiger partial charge in [-0.3, -0.25) is 14.5 Å². The minimum absolute atomic E-state index is 0.0681. The van der Waals surface area contributed by atoms with E-state index in [0.29, 0.717) is 35.1 Å². The molecule has 4 rings (SSSR count). The van der Waals surface area contributed by atoms with Gasteiger partial charge in [-0.05, 0) is 31.2 Å².